The Hall–Kier alpha value is -2.80. The minimum atomic E-state index is -2.58. The van der Waals surface area contributed by atoms with Crippen LogP contribution >= 0.6 is 18.7 Å². The second kappa shape index (κ2) is 12.3. The van der Waals surface area contributed by atoms with Gasteiger partial charge in [-0.2, -0.15) is 4.98 Å². The highest BCUT2D eigenvalue weighted by Crippen LogP contribution is 2.51. The third kappa shape index (κ3) is 6.52. The Bertz CT molecular complexity index is 1540. The van der Waals surface area contributed by atoms with Crippen LogP contribution < -0.4 is 25.6 Å². The number of nitrogens with zero attached hydrogens (tertiary/aromatic N) is 4. The monoisotopic (exact) mass is 624 g/mol. The molecule has 232 valence electrons. The lowest BCUT2D eigenvalue weighted by Crippen LogP contribution is -2.53. The number of hydrogen-bond acceptors (Lipinski definition) is 8. The van der Waals surface area contributed by atoms with Crippen LogP contribution in [0.4, 0.5) is 28.8 Å². The molecule has 0 unspecified atom stereocenters. The normalized spacial score (nSPS) is 16.8. The van der Waals surface area contributed by atoms with Crippen molar-refractivity contribution in [2.75, 3.05) is 63.2 Å². The molecule has 10 heteroatoms. The van der Waals surface area contributed by atoms with Gasteiger partial charge in [0.1, 0.15) is 17.9 Å². The van der Waals surface area contributed by atoms with E-state index in [1.54, 1.807) is 26.6 Å². The maximum absolute atomic E-state index is 13.2. The number of piperidine rings is 1. The van der Waals surface area contributed by atoms with E-state index in [0.717, 1.165) is 59.1 Å². The molecule has 5 rings (SSSR count). The highest BCUT2D eigenvalue weighted by molar-refractivity contribution is 7.70. The molecule has 1 aliphatic heterocycles. The van der Waals surface area contributed by atoms with E-state index in [4.69, 9.17) is 21.3 Å². The van der Waals surface area contributed by atoms with Gasteiger partial charge in [0.2, 0.25) is 5.95 Å². The smallest absolute Gasteiger partial charge is 0.229 e. The van der Waals surface area contributed by atoms with Gasteiger partial charge in [-0.25, -0.2) is 4.98 Å². The fourth-order valence-electron chi connectivity index (χ4n) is 6.75. The quantitative estimate of drug-likeness (QED) is 0.239. The van der Waals surface area contributed by atoms with Gasteiger partial charge in [0.25, 0.3) is 0 Å². The third-order valence-corrected chi connectivity index (χ3v) is 11.4. The van der Waals surface area contributed by atoms with E-state index in [2.05, 4.69) is 58.6 Å². The molecule has 8 nitrogen and oxygen atoms in total. The molecule has 0 atom stereocenters. The average molecular weight is 625 g/mol. The highest BCUT2D eigenvalue weighted by Gasteiger charge is 2.46. The van der Waals surface area contributed by atoms with Gasteiger partial charge < -0.3 is 29.7 Å². The molecular weight excluding hydrogens is 579 g/mol. The number of hydrogen-bond donors (Lipinski definition) is 2. The molecule has 1 saturated heterocycles. The summed E-state index contributed by atoms with van der Waals surface area (Å²) >= 11 is 6.54. The first-order chi connectivity index (χ1) is 20.3. The number of halogens is 1. The molecule has 3 aromatic rings. The largest absolute Gasteiger partial charge is 0.494 e. The summed E-state index contributed by atoms with van der Waals surface area (Å²) in [4.78, 5) is 14.1. The summed E-state index contributed by atoms with van der Waals surface area (Å²) in [7, 11) is 3.52. The molecule has 2 aliphatic rings. The van der Waals surface area contributed by atoms with Crippen molar-refractivity contribution in [3.63, 3.8) is 0 Å². The second-order valence-corrected chi connectivity index (χ2v) is 16.5. The van der Waals surface area contributed by atoms with E-state index >= 15 is 0 Å². The Labute approximate surface area is 262 Å². The van der Waals surface area contributed by atoms with Gasteiger partial charge in [0, 0.05) is 36.2 Å². The topological polar surface area (TPSA) is 82.6 Å². The predicted octanol–water partition coefficient (Wildman–Crippen LogP) is 7.36. The van der Waals surface area contributed by atoms with E-state index in [1.807, 2.05) is 26.0 Å². The number of benzene rings is 2. The SMILES string of the molecule is CCc1cc(Nc2ncc(Cl)c(Nc3ccc(C)c(C)c3P(C)(C)=O)n2)c(OC)cc1N1CCC2(CC1)CC(N(C)C)C2. The summed E-state index contributed by atoms with van der Waals surface area (Å²) in [5.74, 6) is 1.58. The minimum absolute atomic E-state index is 0.375. The zero-order valence-electron chi connectivity index (χ0n) is 26.8. The van der Waals surface area contributed by atoms with E-state index in [-0.39, 0.29) is 0 Å². The van der Waals surface area contributed by atoms with Crippen LogP contribution in [0.15, 0.2) is 30.5 Å². The summed E-state index contributed by atoms with van der Waals surface area (Å²) in [6.45, 7) is 11.9. The van der Waals surface area contributed by atoms with Crippen molar-refractivity contribution in [2.45, 2.75) is 58.9 Å². The van der Waals surface area contributed by atoms with Crippen LogP contribution in [0, 0.1) is 19.3 Å². The number of nitrogens with one attached hydrogen (secondary N) is 2. The summed E-state index contributed by atoms with van der Waals surface area (Å²) in [6, 6.07) is 8.99. The van der Waals surface area contributed by atoms with Crippen molar-refractivity contribution < 1.29 is 9.30 Å². The lowest BCUT2D eigenvalue weighted by molar-refractivity contribution is 0.00488. The molecule has 2 fully saturated rings. The van der Waals surface area contributed by atoms with Crippen LogP contribution in [0.5, 0.6) is 5.75 Å². The van der Waals surface area contributed by atoms with E-state index in [9.17, 15) is 4.57 Å². The highest BCUT2D eigenvalue weighted by atomic mass is 35.5. The van der Waals surface area contributed by atoms with E-state index < -0.39 is 7.14 Å². The molecule has 1 aliphatic carbocycles. The van der Waals surface area contributed by atoms with Crippen molar-refractivity contribution in [3.8, 4) is 5.75 Å². The molecule has 0 radical (unpaired) electrons. The molecule has 1 saturated carbocycles. The lowest BCUT2D eigenvalue weighted by atomic mass is 9.60. The Morgan fingerprint density at radius 1 is 1.12 bits per heavy atom. The zero-order valence-corrected chi connectivity index (χ0v) is 28.5. The van der Waals surface area contributed by atoms with E-state index in [0.29, 0.717) is 22.2 Å². The fourth-order valence-corrected chi connectivity index (χ4v) is 8.59. The van der Waals surface area contributed by atoms with Crippen molar-refractivity contribution >= 4 is 52.9 Å². The maximum atomic E-state index is 13.2. The molecule has 43 heavy (non-hydrogen) atoms. The van der Waals surface area contributed by atoms with Crippen molar-refractivity contribution in [1.82, 2.24) is 14.9 Å². The van der Waals surface area contributed by atoms with Crippen LogP contribution in [0.1, 0.15) is 49.3 Å². The minimum Gasteiger partial charge on any atom is -0.494 e. The number of rotatable bonds is 9. The maximum Gasteiger partial charge on any atom is 0.229 e. The lowest BCUT2D eigenvalue weighted by Gasteiger charge is -2.54. The van der Waals surface area contributed by atoms with Gasteiger partial charge in [0.05, 0.1) is 24.7 Å². The van der Waals surface area contributed by atoms with Crippen LogP contribution in [0.3, 0.4) is 0 Å². The summed E-state index contributed by atoms with van der Waals surface area (Å²) in [6.07, 6.45) is 7.59. The van der Waals surface area contributed by atoms with Gasteiger partial charge >= 0.3 is 0 Å². The molecule has 0 bridgehead atoms. The Kier molecular flexibility index (Phi) is 9.04. The summed E-state index contributed by atoms with van der Waals surface area (Å²) < 4.78 is 19.1. The molecule has 2 heterocycles. The molecule has 0 amide bonds. The van der Waals surface area contributed by atoms with Gasteiger partial charge in [-0.3, -0.25) is 0 Å². The molecule has 1 spiro atoms. The number of aromatic nitrogens is 2. The number of anilines is 5. The second-order valence-electron chi connectivity index (χ2n) is 12.9. The van der Waals surface area contributed by atoms with Gasteiger partial charge in [-0.05, 0) is 108 Å². The molecular formula is C33H46ClN6O2P. The van der Waals surface area contributed by atoms with Crippen molar-refractivity contribution in [1.29, 1.82) is 0 Å². The molecule has 1 aromatic heterocycles. The summed E-state index contributed by atoms with van der Waals surface area (Å²) in [5.41, 5.74) is 6.66. The first-order valence-corrected chi connectivity index (χ1v) is 18.2. The van der Waals surface area contributed by atoms with Gasteiger partial charge in [0.15, 0.2) is 5.82 Å². The van der Waals surface area contributed by atoms with Crippen LogP contribution in [0.2, 0.25) is 5.02 Å². The standard InChI is InChI=1S/C33H46ClN6O2P/c1-9-23-16-27(29(42-6)17-28(23)40-14-12-33(13-15-40)18-24(19-33)39(4)5)37-32-35-20-25(34)31(38-32)36-26-11-10-21(2)22(3)30(26)43(7,8)41/h10-11,16-17,20,24H,9,12-15,18-19H2,1-8H3,(H2,35,36,37,38). The number of ether oxygens (including phenoxy) is 1. The predicted molar refractivity (Wildman–Crippen MR) is 182 cm³/mol. The molecule has 2 N–H and O–H groups in total. The third-order valence-electron chi connectivity index (χ3n) is 9.50. The van der Waals surface area contributed by atoms with Crippen molar-refractivity contribution in [2.24, 2.45) is 5.41 Å². The fraction of sp³-hybridized carbons (Fsp3) is 0.515. The average Bonchev–Trinajstić information content (AvgIpc) is 2.94. The summed E-state index contributed by atoms with van der Waals surface area (Å²) in [5, 5.41) is 7.88. The zero-order chi connectivity index (χ0) is 31.1. The van der Waals surface area contributed by atoms with Gasteiger partial charge in [-0.15, -0.1) is 0 Å². The molecule has 2 aromatic carbocycles. The first-order valence-electron chi connectivity index (χ1n) is 15.2. The Balaban J connectivity index is 1.37. The van der Waals surface area contributed by atoms with Crippen molar-refractivity contribution in [3.05, 3.63) is 52.2 Å². The Morgan fingerprint density at radius 2 is 1.81 bits per heavy atom. The number of aryl methyl sites for hydroxylation is 2. The van der Waals surface area contributed by atoms with Gasteiger partial charge in [-0.1, -0.05) is 24.6 Å². The van der Waals surface area contributed by atoms with E-state index in [1.165, 1.54) is 36.9 Å². The van der Waals surface area contributed by atoms with Crippen LogP contribution in [-0.4, -0.2) is 68.5 Å². The first kappa shape index (κ1) is 31.6. The Morgan fingerprint density at radius 3 is 2.42 bits per heavy atom. The number of methoxy groups -OCH3 is 1. The van der Waals surface area contributed by atoms with Crippen LogP contribution in [-0.2, 0) is 11.0 Å². The van der Waals surface area contributed by atoms with Crippen LogP contribution in [0.25, 0.3) is 0 Å².